The van der Waals surface area contributed by atoms with Crippen LogP contribution in [0.25, 0.3) is 11.0 Å². The summed E-state index contributed by atoms with van der Waals surface area (Å²) in [7, 11) is 0. The zero-order valence-electron chi connectivity index (χ0n) is 15.1. The fourth-order valence-corrected chi connectivity index (χ4v) is 3.51. The van der Waals surface area contributed by atoms with Crippen LogP contribution in [0.1, 0.15) is 12.8 Å². The number of halogens is 2. The summed E-state index contributed by atoms with van der Waals surface area (Å²) in [5.41, 5.74) is 1.01. The molecular formula is C19H20F2N6O. The van der Waals surface area contributed by atoms with Crippen LogP contribution in [-0.2, 0) is 4.79 Å². The quantitative estimate of drug-likeness (QED) is 0.627. The number of anilines is 2. The van der Waals surface area contributed by atoms with Gasteiger partial charge in [-0.3, -0.25) is 4.79 Å². The smallest absolute Gasteiger partial charge is 0.239 e. The maximum Gasteiger partial charge on any atom is 0.239 e. The summed E-state index contributed by atoms with van der Waals surface area (Å²) < 4.78 is 26.4. The number of carbonyl (C=O) groups is 1. The van der Waals surface area contributed by atoms with Crippen LogP contribution in [0.4, 0.5) is 20.3 Å². The molecule has 146 valence electrons. The van der Waals surface area contributed by atoms with Crippen molar-refractivity contribution in [3.8, 4) is 0 Å². The number of benzene rings is 1. The number of aromatic nitrogens is 3. The van der Waals surface area contributed by atoms with Gasteiger partial charge < -0.3 is 20.5 Å². The molecule has 0 spiro atoms. The number of fused-ring (bicyclic) bond motifs is 1. The molecule has 1 fully saturated rings. The highest BCUT2D eigenvalue weighted by molar-refractivity contribution is 5.87. The van der Waals surface area contributed by atoms with E-state index in [-0.39, 0.29) is 24.2 Å². The minimum atomic E-state index is -0.688. The van der Waals surface area contributed by atoms with Gasteiger partial charge in [-0.15, -0.1) is 0 Å². The van der Waals surface area contributed by atoms with Gasteiger partial charge in [0.25, 0.3) is 0 Å². The lowest BCUT2D eigenvalue weighted by Gasteiger charge is -2.34. The Labute approximate surface area is 160 Å². The molecule has 0 radical (unpaired) electrons. The van der Waals surface area contributed by atoms with Crippen LogP contribution in [0, 0.1) is 11.6 Å². The zero-order valence-corrected chi connectivity index (χ0v) is 15.1. The first-order valence-electron chi connectivity index (χ1n) is 9.11. The minimum Gasteiger partial charge on any atom is -0.376 e. The second kappa shape index (κ2) is 7.79. The third-order valence-electron chi connectivity index (χ3n) is 4.73. The van der Waals surface area contributed by atoms with Gasteiger partial charge in [0, 0.05) is 37.1 Å². The van der Waals surface area contributed by atoms with Crippen molar-refractivity contribution in [2.24, 2.45) is 0 Å². The number of piperidine rings is 1. The van der Waals surface area contributed by atoms with Crippen LogP contribution in [0.5, 0.6) is 0 Å². The summed E-state index contributed by atoms with van der Waals surface area (Å²) >= 11 is 0. The van der Waals surface area contributed by atoms with E-state index in [2.05, 4.69) is 30.5 Å². The van der Waals surface area contributed by atoms with E-state index in [9.17, 15) is 13.6 Å². The second-order valence-corrected chi connectivity index (χ2v) is 6.80. The Kier molecular flexibility index (Phi) is 5.05. The van der Waals surface area contributed by atoms with Crippen molar-refractivity contribution >= 4 is 28.4 Å². The first kappa shape index (κ1) is 18.1. The SMILES string of the molecule is O=C(CNc1cc(F)cc(F)c1)N[C@H]1CCCN(c2ncnc3[nH]ccc23)C1. The van der Waals surface area contributed by atoms with Gasteiger partial charge in [0.05, 0.1) is 11.9 Å². The lowest BCUT2D eigenvalue weighted by atomic mass is 10.1. The topological polar surface area (TPSA) is 85.9 Å². The molecule has 4 rings (SSSR count). The molecule has 9 heteroatoms. The van der Waals surface area contributed by atoms with Crippen molar-refractivity contribution in [3.63, 3.8) is 0 Å². The van der Waals surface area contributed by atoms with Gasteiger partial charge in [0.1, 0.15) is 29.4 Å². The highest BCUT2D eigenvalue weighted by Crippen LogP contribution is 2.25. The fourth-order valence-electron chi connectivity index (χ4n) is 3.51. The zero-order chi connectivity index (χ0) is 19.5. The van der Waals surface area contributed by atoms with Crippen LogP contribution in [0.3, 0.4) is 0 Å². The first-order valence-corrected chi connectivity index (χ1v) is 9.11. The molecular weight excluding hydrogens is 366 g/mol. The number of H-pyrrole nitrogens is 1. The van der Waals surface area contributed by atoms with Crippen molar-refractivity contribution in [1.29, 1.82) is 0 Å². The van der Waals surface area contributed by atoms with Gasteiger partial charge in [-0.25, -0.2) is 18.7 Å². The molecule has 1 saturated heterocycles. The van der Waals surface area contributed by atoms with Gasteiger partial charge >= 0.3 is 0 Å². The van der Waals surface area contributed by atoms with E-state index in [4.69, 9.17) is 0 Å². The van der Waals surface area contributed by atoms with Gasteiger partial charge in [-0.1, -0.05) is 0 Å². The highest BCUT2D eigenvalue weighted by atomic mass is 19.1. The van der Waals surface area contributed by atoms with Gasteiger partial charge in [-0.2, -0.15) is 0 Å². The Hall–Kier alpha value is -3.23. The predicted molar refractivity (Wildman–Crippen MR) is 102 cm³/mol. The van der Waals surface area contributed by atoms with E-state index in [1.165, 1.54) is 6.33 Å². The summed E-state index contributed by atoms with van der Waals surface area (Å²) in [5.74, 6) is -0.761. The normalized spacial score (nSPS) is 16.9. The lowest BCUT2D eigenvalue weighted by Crippen LogP contribution is -2.49. The summed E-state index contributed by atoms with van der Waals surface area (Å²) in [6, 6.07) is 4.99. The third-order valence-corrected chi connectivity index (χ3v) is 4.73. The van der Waals surface area contributed by atoms with E-state index in [1.807, 2.05) is 12.3 Å². The molecule has 1 aromatic carbocycles. The van der Waals surface area contributed by atoms with Crippen LogP contribution >= 0.6 is 0 Å². The molecule has 3 N–H and O–H groups in total. The summed E-state index contributed by atoms with van der Waals surface area (Å²) in [5, 5.41) is 6.68. The van der Waals surface area contributed by atoms with Gasteiger partial charge in [-0.05, 0) is 31.0 Å². The van der Waals surface area contributed by atoms with Crippen LogP contribution in [0.15, 0.2) is 36.8 Å². The summed E-state index contributed by atoms with van der Waals surface area (Å²) in [6.07, 6.45) is 5.13. The molecule has 1 aliphatic rings. The number of hydrogen-bond donors (Lipinski definition) is 3. The average molecular weight is 386 g/mol. The molecule has 28 heavy (non-hydrogen) atoms. The van der Waals surface area contributed by atoms with Crippen molar-refractivity contribution < 1.29 is 13.6 Å². The molecule has 2 aromatic heterocycles. The molecule has 3 aromatic rings. The lowest BCUT2D eigenvalue weighted by molar-refractivity contribution is -0.120. The van der Waals surface area contributed by atoms with Gasteiger partial charge in [0.15, 0.2) is 0 Å². The number of carbonyl (C=O) groups excluding carboxylic acids is 1. The Bertz CT molecular complexity index is 971. The van der Waals surface area contributed by atoms with Crippen LogP contribution in [0.2, 0.25) is 0 Å². The third kappa shape index (κ3) is 4.03. The number of amides is 1. The van der Waals surface area contributed by atoms with Crippen LogP contribution < -0.4 is 15.5 Å². The van der Waals surface area contributed by atoms with E-state index >= 15 is 0 Å². The molecule has 0 unspecified atom stereocenters. The Balaban J connectivity index is 1.36. The minimum absolute atomic E-state index is 0.0312. The monoisotopic (exact) mass is 386 g/mol. The molecule has 3 heterocycles. The van der Waals surface area contributed by atoms with Crippen molar-refractivity contribution in [1.82, 2.24) is 20.3 Å². The fraction of sp³-hybridized carbons (Fsp3) is 0.316. The second-order valence-electron chi connectivity index (χ2n) is 6.80. The summed E-state index contributed by atoms with van der Waals surface area (Å²) in [6.45, 7) is 1.43. The molecule has 1 atom stereocenters. The van der Waals surface area contributed by atoms with Crippen LogP contribution in [-0.4, -0.2) is 46.5 Å². The van der Waals surface area contributed by atoms with Crippen molar-refractivity contribution in [2.75, 3.05) is 29.9 Å². The Morgan fingerprint density at radius 2 is 2.07 bits per heavy atom. The standard InChI is InChI=1S/C19H20F2N6O/c20-12-6-13(21)8-15(7-12)23-9-17(28)26-14-2-1-5-27(10-14)19-16-3-4-22-18(16)24-11-25-19/h3-4,6-8,11,14,23H,1-2,5,9-10H2,(H,26,28)(H,22,24,25)/t14-/m0/s1. The average Bonchev–Trinajstić information content (AvgIpc) is 3.15. The maximum absolute atomic E-state index is 13.2. The number of nitrogens with zero attached hydrogens (tertiary/aromatic N) is 3. The molecule has 0 bridgehead atoms. The van der Waals surface area contributed by atoms with E-state index < -0.39 is 11.6 Å². The number of nitrogens with one attached hydrogen (secondary N) is 3. The summed E-state index contributed by atoms with van der Waals surface area (Å²) in [4.78, 5) is 26.1. The highest BCUT2D eigenvalue weighted by Gasteiger charge is 2.23. The molecule has 1 aliphatic heterocycles. The molecule has 0 saturated carbocycles. The van der Waals surface area contributed by atoms with E-state index in [0.29, 0.717) is 6.54 Å². The number of hydrogen-bond acceptors (Lipinski definition) is 5. The Morgan fingerprint density at radius 3 is 2.89 bits per heavy atom. The van der Waals surface area contributed by atoms with E-state index in [1.54, 1.807) is 0 Å². The van der Waals surface area contributed by atoms with Crippen molar-refractivity contribution in [3.05, 3.63) is 48.4 Å². The molecule has 1 amide bonds. The van der Waals surface area contributed by atoms with Crippen molar-refractivity contribution in [2.45, 2.75) is 18.9 Å². The Morgan fingerprint density at radius 1 is 1.25 bits per heavy atom. The molecule has 0 aliphatic carbocycles. The predicted octanol–water partition coefficient (Wildman–Crippen LogP) is 2.43. The maximum atomic E-state index is 13.2. The number of aromatic amines is 1. The molecule has 7 nitrogen and oxygen atoms in total. The first-order chi connectivity index (χ1) is 13.6. The van der Waals surface area contributed by atoms with E-state index in [0.717, 1.165) is 54.4 Å². The largest absolute Gasteiger partial charge is 0.376 e. The number of rotatable bonds is 5. The van der Waals surface area contributed by atoms with Gasteiger partial charge in [0.2, 0.25) is 5.91 Å².